The lowest BCUT2D eigenvalue weighted by Gasteiger charge is -2.04. The molecular weight excluding hydrogens is 426 g/mol. The first-order valence-electron chi connectivity index (χ1n) is 9.21. The van der Waals surface area contributed by atoms with Crippen LogP contribution in [0.4, 0.5) is 5.69 Å². The zero-order valence-electron chi connectivity index (χ0n) is 16.0. The number of fused-ring (bicyclic) bond motifs is 2. The number of rotatable bonds is 7. The minimum Gasteiger partial charge on any atom is -0.326 e. The van der Waals surface area contributed by atoms with Gasteiger partial charge in [-0.1, -0.05) is 36.4 Å². The van der Waals surface area contributed by atoms with Gasteiger partial charge in [0.25, 0.3) is 5.56 Å². The fourth-order valence-corrected chi connectivity index (χ4v) is 5.53. The van der Waals surface area contributed by atoms with Crippen molar-refractivity contribution < 1.29 is 4.79 Å². The van der Waals surface area contributed by atoms with E-state index < -0.39 is 0 Å². The molecule has 1 amide bonds. The molecule has 29 heavy (non-hydrogen) atoms. The highest BCUT2D eigenvalue weighted by Gasteiger charge is 2.10. The molecule has 0 aliphatic rings. The van der Waals surface area contributed by atoms with Crippen LogP contribution in [-0.2, 0) is 10.5 Å². The summed E-state index contributed by atoms with van der Waals surface area (Å²) in [5, 5.41) is 7.91. The Morgan fingerprint density at radius 3 is 2.93 bits per heavy atom. The van der Waals surface area contributed by atoms with Gasteiger partial charge in [0.15, 0.2) is 4.34 Å². The molecule has 4 aromatic rings. The van der Waals surface area contributed by atoms with Gasteiger partial charge in [0.1, 0.15) is 5.01 Å². The molecule has 0 bridgehead atoms. The van der Waals surface area contributed by atoms with Gasteiger partial charge in [0.2, 0.25) is 10.9 Å². The molecule has 7 nitrogen and oxygen atoms in total. The number of amides is 1. The lowest BCUT2D eigenvalue weighted by atomic mass is 10.2. The van der Waals surface area contributed by atoms with E-state index in [-0.39, 0.29) is 11.5 Å². The Morgan fingerprint density at radius 2 is 2.10 bits per heavy atom. The summed E-state index contributed by atoms with van der Waals surface area (Å²) in [5.74, 6) is 0.597. The largest absolute Gasteiger partial charge is 0.326 e. The Kier molecular flexibility index (Phi) is 5.93. The van der Waals surface area contributed by atoms with Gasteiger partial charge in [-0.25, -0.2) is 9.97 Å². The van der Waals surface area contributed by atoms with E-state index in [1.165, 1.54) is 21.9 Å². The highest BCUT2D eigenvalue weighted by Crippen LogP contribution is 2.32. The maximum atomic E-state index is 12.2. The maximum Gasteiger partial charge on any atom is 0.275 e. The lowest BCUT2D eigenvalue weighted by Crippen LogP contribution is -2.15. The molecule has 0 spiro atoms. The van der Waals surface area contributed by atoms with Crippen molar-refractivity contribution in [2.75, 3.05) is 5.32 Å². The number of nitrogens with zero attached hydrogens (tertiary/aromatic N) is 4. The summed E-state index contributed by atoms with van der Waals surface area (Å²) in [6.07, 6.45) is 2.42. The monoisotopic (exact) mass is 445 g/mol. The van der Waals surface area contributed by atoms with Gasteiger partial charge >= 0.3 is 0 Å². The second-order valence-electron chi connectivity index (χ2n) is 6.50. The minimum absolute atomic E-state index is 0.0383. The molecule has 0 aliphatic carbocycles. The van der Waals surface area contributed by atoms with Crippen molar-refractivity contribution in [3.8, 4) is 0 Å². The van der Waals surface area contributed by atoms with E-state index in [1.54, 1.807) is 23.1 Å². The van der Waals surface area contributed by atoms with Gasteiger partial charge in [0, 0.05) is 23.9 Å². The number of carbonyl (C=O) groups is 1. The Labute approximate surface area is 179 Å². The number of aryl methyl sites for hydroxylation is 1. The summed E-state index contributed by atoms with van der Waals surface area (Å²) in [6, 6.07) is 7.28. The third-order valence-corrected chi connectivity index (χ3v) is 7.17. The predicted octanol–water partition coefficient (Wildman–Crippen LogP) is 4.49. The SMILES string of the molecule is CCCCC(=O)Nc1ccc2nc(SCc3cc(=O)n4nc(C)sc4n3)sc2c1. The predicted molar refractivity (Wildman–Crippen MR) is 119 cm³/mol. The van der Waals surface area contributed by atoms with Crippen molar-refractivity contribution in [3.63, 3.8) is 0 Å². The van der Waals surface area contributed by atoms with Gasteiger partial charge < -0.3 is 5.32 Å². The number of anilines is 1. The molecule has 0 radical (unpaired) electrons. The van der Waals surface area contributed by atoms with Crippen LogP contribution in [0.1, 0.15) is 36.9 Å². The van der Waals surface area contributed by atoms with Crippen LogP contribution in [0, 0.1) is 6.92 Å². The summed E-state index contributed by atoms with van der Waals surface area (Å²) < 4.78 is 3.25. The van der Waals surface area contributed by atoms with E-state index in [2.05, 4.69) is 27.3 Å². The smallest absolute Gasteiger partial charge is 0.275 e. The molecule has 3 heterocycles. The number of hydrogen-bond donors (Lipinski definition) is 1. The third-order valence-electron chi connectivity index (χ3n) is 4.15. The van der Waals surface area contributed by atoms with E-state index in [0.29, 0.717) is 22.8 Å². The molecule has 0 unspecified atom stereocenters. The first kappa shape index (κ1) is 20.0. The molecular formula is C19H19N5O2S3. The van der Waals surface area contributed by atoms with Crippen molar-refractivity contribution in [2.24, 2.45) is 0 Å². The van der Waals surface area contributed by atoms with Gasteiger partial charge in [-0.15, -0.1) is 11.3 Å². The van der Waals surface area contributed by atoms with Crippen molar-refractivity contribution in [2.45, 2.75) is 43.2 Å². The highest BCUT2D eigenvalue weighted by atomic mass is 32.2. The van der Waals surface area contributed by atoms with Crippen LogP contribution >= 0.6 is 34.4 Å². The molecule has 4 rings (SSSR count). The van der Waals surface area contributed by atoms with Gasteiger partial charge in [0.05, 0.1) is 15.9 Å². The van der Waals surface area contributed by atoms with E-state index in [4.69, 9.17) is 0 Å². The third kappa shape index (κ3) is 4.65. The summed E-state index contributed by atoms with van der Waals surface area (Å²) in [7, 11) is 0. The standard InChI is InChI=1S/C19H19N5O2S3/c1-3-4-5-16(25)20-12-6-7-14-15(8-12)29-19(22-14)27-10-13-9-17(26)24-18(21-13)28-11(2)23-24/h6-9H,3-5,10H2,1-2H3,(H,20,25). The zero-order chi connectivity index (χ0) is 20.4. The molecule has 0 atom stereocenters. The number of nitrogens with one attached hydrogen (secondary N) is 1. The number of thiazole rings is 1. The van der Waals surface area contributed by atoms with Crippen molar-refractivity contribution in [1.29, 1.82) is 0 Å². The van der Waals surface area contributed by atoms with E-state index in [0.717, 1.165) is 38.1 Å². The normalized spacial score (nSPS) is 11.4. The fourth-order valence-electron chi connectivity index (χ4n) is 2.77. The molecule has 0 saturated heterocycles. The lowest BCUT2D eigenvalue weighted by molar-refractivity contribution is -0.116. The van der Waals surface area contributed by atoms with Crippen molar-refractivity contribution in [1.82, 2.24) is 19.6 Å². The number of benzene rings is 1. The molecule has 0 aliphatic heterocycles. The Morgan fingerprint density at radius 1 is 1.24 bits per heavy atom. The van der Waals surface area contributed by atoms with Gasteiger partial charge in [-0.05, 0) is 31.5 Å². The number of aromatic nitrogens is 4. The Balaban J connectivity index is 1.47. The molecule has 1 aromatic carbocycles. The second kappa shape index (κ2) is 8.60. The number of thioether (sulfide) groups is 1. The molecule has 0 fully saturated rings. The topological polar surface area (TPSA) is 89.2 Å². The molecule has 10 heteroatoms. The number of hydrogen-bond acceptors (Lipinski definition) is 8. The molecule has 150 valence electrons. The van der Waals surface area contributed by atoms with E-state index in [1.807, 2.05) is 25.1 Å². The van der Waals surface area contributed by atoms with Crippen LogP contribution in [0.25, 0.3) is 15.2 Å². The molecule has 3 aromatic heterocycles. The Hall–Kier alpha value is -2.30. The van der Waals surface area contributed by atoms with Gasteiger partial charge in [-0.2, -0.15) is 9.61 Å². The van der Waals surface area contributed by atoms with Crippen LogP contribution in [0.5, 0.6) is 0 Å². The highest BCUT2D eigenvalue weighted by molar-refractivity contribution is 8.00. The first-order valence-corrected chi connectivity index (χ1v) is 11.8. The summed E-state index contributed by atoms with van der Waals surface area (Å²) in [6.45, 7) is 3.92. The summed E-state index contributed by atoms with van der Waals surface area (Å²) >= 11 is 4.52. The quantitative estimate of drug-likeness (QED) is 0.422. The summed E-state index contributed by atoms with van der Waals surface area (Å²) in [5.41, 5.74) is 2.24. The molecule has 1 N–H and O–H groups in total. The average Bonchev–Trinajstić information content (AvgIpc) is 3.27. The van der Waals surface area contributed by atoms with Crippen LogP contribution in [0.2, 0.25) is 0 Å². The number of unbranched alkanes of at least 4 members (excludes halogenated alkanes) is 1. The van der Waals surface area contributed by atoms with Gasteiger partial charge in [-0.3, -0.25) is 9.59 Å². The number of carbonyl (C=O) groups excluding carboxylic acids is 1. The van der Waals surface area contributed by atoms with E-state index >= 15 is 0 Å². The van der Waals surface area contributed by atoms with E-state index in [9.17, 15) is 9.59 Å². The van der Waals surface area contributed by atoms with Crippen LogP contribution in [0.3, 0.4) is 0 Å². The average molecular weight is 446 g/mol. The van der Waals surface area contributed by atoms with Crippen molar-refractivity contribution >= 4 is 61.2 Å². The zero-order valence-corrected chi connectivity index (χ0v) is 18.4. The summed E-state index contributed by atoms with van der Waals surface area (Å²) in [4.78, 5) is 33.9. The van der Waals surface area contributed by atoms with Crippen molar-refractivity contribution in [3.05, 3.63) is 45.3 Å². The minimum atomic E-state index is -0.164. The van der Waals surface area contributed by atoms with Crippen LogP contribution in [-0.4, -0.2) is 25.5 Å². The first-order chi connectivity index (χ1) is 14.0. The fraction of sp³-hybridized carbons (Fsp3) is 0.316. The molecule has 0 saturated carbocycles. The second-order valence-corrected chi connectivity index (χ2v) is 9.92. The van der Waals surface area contributed by atoms with Crippen LogP contribution < -0.4 is 10.9 Å². The Bertz CT molecular complexity index is 1240. The maximum absolute atomic E-state index is 12.2. The van der Waals surface area contributed by atoms with Crippen LogP contribution in [0.15, 0.2) is 33.4 Å².